The van der Waals surface area contributed by atoms with Crippen LogP contribution in [-0.2, 0) is 11.2 Å². The van der Waals surface area contributed by atoms with Crippen molar-refractivity contribution >= 4 is 17.6 Å². The van der Waals surface area contributed by atoms with E-state index in [2.05, 4.69) is 15.2 Å². The molecule has 3 aliphatic heterocycles. The third-order valence-electron chi connectivity index (χ3n) is 6.40. The third kappa shape index (κ3) is 3.14. The van der Waals surface area contributed by atoms with Gasteiger partial charge in [0, 0.05) is 43.9 Å². The highest BCUT2D eigenvalue weighted by Gasteiger charge is 2.38. The van der Waals surface area contributed by atoms with Crippen LogP contribution in [0.4, 0.5) is 5.82 Å². The molecule has 0 saturated carbocycles. The molecule has 2 fully saturated rings. The molecule has 2 bridgehead atoms. The van der Waals surface area contributed by atoms with E-state index in [1.807, 2.05) is 42.3 Å². The summed E-state index contributed by atoms with van der Waals surface area (Å²) < 4.78 is 0. The molecular formula is C22H25N5O2. The van der Waals surface area contributed by atoms with E-state index in [0.29, 0.717) is 31.0 Å². The molecule has 2 aromatic rings. The quantitative estimate of drug-likeness (QED) is 0.846. The minimum absolute atomic E-state index is 0.0179. The zero-order chi connectivity index (χ0) is 20.0. The lowest BCUT2D eigenvalue weighted by atomic mass is 9.98. The molecule has 1 N–H and O–H groups in total. The zero-order valence-corrected chi connectivity index (χ0v) is 16.6. The number of fused-ring (bicyclic) bond motifs is 4. The Kier molecular flexibility index (Phi) is 4.45. The minimum Gasteiger partial charge on any atom is -0.353 e. The average molecular weight is 391 g/mol. The van der Waals surface area contributed by atoms with Crippen molar-refractivity contribution in [2.45, 2.75) is 31.7 Å². The number of anilines is 1. The molecule has 5 rings (SSSR count). The van der Waals surface area contributed by atoms with Crippen molar-refractivity contribution in [3.8, 4) is 11.4 Å². The summed E-state index contributed by atoms with van der Waals surface area (Å²) >= 11 is 0. The smallest absolute Gasteiger partial charge is 0.270 e. The molecule has 0 radical (unpaired) electrons. The van der Waals surface area contributed by atoms with E-state index in [4.69, 9.17) is 4.98 Å². The summed E-state index contributed by atoms with van der Waals surface area (Å²) in [6.45, 7) is 1.99. The normalized spacial score (nSPS) is 24.0. The van der Waals surface area contributed by atoms with E-state index >= 15 is 0 Å². The number of nitrogens with zero attached hydrogens (tertiary/aromatic N) is 4. The van der Waals surface area contributed by atoms with Gasteiger partial charge in [-0.1, -0.05) is 36.8 Å². The maximum atomic E-state index is 12.8. The van der Waals surface area contributed by atoms with E-state index in [1.165, 1.54) is 0 Å². The van der Waals surface area contributed by atoms with Crippen molar-refractivity contribution < 1.29 is 9.59 Å². The highest BCUT2D eigenvalue weighted by Crippen LogP contribution is 2.33. The summed E-state index contributed by atoms with van der Waals surface area (Å²) in [4.78, 5) is 39.1. The highest BCUT2D eigenvalue weighted by molar-refractivity contribution is 5.96. The fourth-order valence-corrected chi connectivity index (χ4v) is 4.79. The number of hydrogen-bond acceptors (Lipinski definition) is 5. The summed E-state index contributed by atoms with van der Waals surface area (Å²) in [7, 11) is 1.92. The Bertz CT molecular complexity index is 961. The maximum Gasteiger partial charge on any atom is 0.270 e. The topological polar surface area (TPSA) is 78.4 Å². The first-order valence-electron chi connectivity index (χ1n) is 10.4. The predicted octanol–water partition coefficient (Wildman–Crippen LogP) is 1.88. The SMILES string of the molecule is CN1C(=O)[C@@H]2CCC[C@H]1CN(c1nc(-c3ccccc3)nc3c1CCNC3=O)C2. The van der Waals surface area contributed by atoms with Gasteiger partial charge in [0.15, 0.2) is 5.82 Å². The maximum absolute atomic E-state index is 12.8. The molecule has 7 heteroatoms. The summed E-state index contributed by atoms with van der Waals surface area (Å²) in [5.74, 6) is 1.46. The van der Waals surface area contributed by atoms with Crippen LogP contribution in [0.1, 0.15) is 35.3 Å². The lowest BCUT2D eigenvalue weighted by molar-refractivity contribution is -0.134. The number of aromatic nitrogens is 2. The van der Waals surface area contributed by atoms with Crippen LogP contribution >= 0.6 is 0 Å². The first kappa shape index (κ1) is 18.1. The molecule has 7 nitrogen and oxygen atoms in total. The highest BCUT2D eigenvalue weighted by atomic mass is 16.2. The minimum atomic E-state index is -0.143. The van der Waals surface area contributed by atoms with Crippen LogP contribution in [-0.4, -0.2) is 59.4 Å². The Morgan fingerprint density at radius 2 is 1.90 bits per heavy atom. The number of hydrogen-bond donors (Lipinski definition) is 1. The number of benzene rings is 1. The zero-order valence-electron chi connectivity index (χ0n) is 16.6. The van der Waals surface area contributed by atoms with Crippen molar-refractivity contribution in [3.05, 3.63) is 41.6 Å². The summed E-state index contributed by atoms with van der Waals surface area (Å²) in [5.41, 5.74) is 2.26. The molecule has 0 aliphatic carbocycles. The second-order valence-corrected chi connectivity index (χ2v) is 8.21. The standard InChI is InChI=1S/C22H25N5O2/c1-26-16-9-5-8-15(22(26)29)12-27(13-16)20-17-10-11-23-21(28)18(17)24-19(25-20)14-6-3-2-4-7-14/h2-4,6-7,15-16H,5,8-13H2,1H3,(H,23,28)/t15-,16+/m1/s1. The number of likely N-dealkylation sites (N-methyl/N-ethyl adjacent to an activating group) is 1. The van der Waals surface area contributed by atoms with E-state index in [9.17, 15) is 9.59 Å². The Labute approximate surface area is 170 Å². The number of rotatable bonds is 2. The van der Waals surface area contributed by atoms with Crippen LogP contribution in [0, 0.1) is 5.92 Å². The molecule has 4 heterocycles. The van der Waals surface area contributed by atoms with Gasteiger partial charge < -0.3 is 15.1 Å². The molecular weight excluding hydrogens is 366 g/mol. The van der Waals surface area contributed by atoms with Gasteiger partial charge in [0.2, 0.25) is 5.91 Å². The van der Waals surface area contributed by atoms with Crippen molar-refractivity contribution in [2.75, 3.05) is 31.6 Å². The third-order valence-corrected chi connectivity index (χ3v) is 6.40. The molecule has 2 saturated heterocycles. The van der Waals surface area contributed by atoms with Crippen LogP contribution < -0.4 is 10.2 Å². The summed E-state index contributed by atoms with van der Waals surface area (Å²) in [6.07, 6.45) is 3.71. The summed E-state index contributed by atoms with van der Waals surface area (Å²) in [6, 6.07) is 9.94. The largest absolute Gasteiger partial charge is 0.353 e. The van der Waals surface area contributed by atoms with Crippen molar-refractivity contribution in [2.24, 2.45) is 5.92 Å². The predicted molar refractivity (Wildman–Crippen MR) is 110 cm³/mol. The lowest BCUT2D eigenvalue weighted by Gasteiger charge is -2.32. The van der Waals surface area contributed by atoms with Crippen molar-refractivity contribution in [1.82, 2.24) is 20.2 Å². The van der Waals surface area contributed by atoms with E-state index < -0.39 is 0 Å². The second-order valence-electron chi connectivity index (χ2n) is 8.21. The van der Waals surface area contributed by atoms with Gasteiger partial charge in [-0.15, -0.1) is 0 Å². The van der Waals surface area contributed by atoms with Gasteiger partial charge in [-0.25, -0.2) is 9.97 Å². The van der Waals surface area contributed by atoms with Gasteiger partial charge in [0.05, 0.1) is 5.92 Å². The van der Waals surface area contributed by atoms with Crippen molar-refractivity contribution in [3.63, 3.8) is 0 Å². The molecule has 1 aromatic carbocycles. The van der Waals surface area contributed by atoms with E-state index in [0.717, 1.165) is 42.8 Å². The Balaban J connectivity index is 1.63. The monoisotopic (exact) mass is 391 g/mol. The molecule has 2 atom stereocenters. The molecule has 0 unspecified atom stereocenters. The number of carbonyl (C=O) groups is 2. The molecule has 3 aliphatic rings. The first-order chi connectivity index (χ1) is 14.1. The Hall–Kier alpha value is -2.96. The van der Waals surface area contributed by atoms with Crippen LogP contribution in [0.15, 0.2) is 30.3 Å². The Morgan fingerprint density at radius 1 is 1.07 bits per heavy atom. The Morgan fingerprint density at radius 3 is 2.72 bits per heavy atom. The van der Waals surface area contributed by atoms with Crippen LogP contribution in [0.25, 0.3) is 11.4 Å². The van der Waals surface area contributed by atoms with E-state index in [1.54, 1.807) is 0 Å². The summed E-state index contributed by atoms with van der Waals surface area (Å²) in [5, 5.41) is 2.90. The van der Waals surface area contributed by atoms with Gasteiger partial charge in [-0.3, -0.25) is 9.59 Å². The molecule has 0 spiro atoms. The first-order valence-corrected chi connectivity index (χ1v) is 10.4. The van der Waals surface area contributed by atoms with Gasteiger partial charge in [0.1, 0.15) is 11.5 Å². The van der Waals surface area contributed by atoms with Gasteiger partial charge in [0.25, 0.3) is 5.91 Å². The molecule has 150 valence electrons. The van der Waals surface area contributed by atoms with Crippen molar-refractivity contribution in [1.29, 1.82) is 0 Å². The van der Waals surface area contributed by atoms with Gasteiger partial charge >= 0.3 is 0 Å². The van der Waals surface area contributed by atoms with E-state index in [-0.39, 0.29) is 23.8 Å². The number of carbonyl (C=O) groups excluding carboxylic acids is 2. The molecule has 1 aromatic heterocycles. The fraction of sp³-hybridized carbons (Fsp3) is 0.455. The van der Waals surface area contributed by atoms with Crippen LogP contribution in [0.3, 0.4) is 0 Å². The second kappa shape index (κ2) is 7.13. The van der Waals surface area contributed by atoms with Gasteiger partial charge in [-0.05, 0) is 19.3 Å². The van der Waals surface area contributed by atoms with Crippen LogP contribution in [0.5, 0.6) is 0 Å². The lowest BCUT2D eigenvalue weighted by Crippen LogP contribution is -2.42. The van der Waals surface area contributed by atoms with Gasteiger partial charge in [-0.2, -0.15) is 0 Å². The number of nitrogens with one attached hydrogen (secondary N) is 1. The van der Waals surface area contributed by atoms with Crippen LogP contribution in [0.2, 0.25) is 0 Å². The molecule has 29 heavy (non-hydrogen) atoms. The average Bonchev–Trinajstić information content (AvgIpc) is 2.93. The number of amides is 2. The molecule has 2 amide bonds. The fourth-order valence-electron chi connectivity index (χ4n) is 4.79.